The van der Waals surface area contributed by atoms with Gasteiger partial charge in [0, 0.05) is 62.8 Å². The van der Waals surface area contributed by atoms with Crippen molar-refractivity contribution in [3.05, 3.63) is 54.2 Å². The van der Waals surface area contributed by atoms with Crippen molar-refractivity contribution < 1.29 is 22.7 Å². The molecule has 8 rings (SSSR count). The number of nitrogens with zero attached hydrogens (tertiary/aromatic N) is 7. The summed E-state index contributed by atoms with van der Waals surface area (Å²) in [6, 6.07) is 6.05. The van der Waals surface area contributed by atoms with Gasteiger partial charge in [-0.1, -0.05) is 18.2 Å². The molecule has 0 unspecified atom stereocenters. The maximum atomic E-state index is 16.8. The van der Waals surface area contributed by atoms with E-state index in [-0.39, 0.29) is 58.7 Å². The second kappa shape index (κ2) is 12.4. The minimum absolute atomic E-state index is 0.0426. The smallest absolute Gasteiger partial charge is 0.319 e. The molecule has 0 radical (unpaired) electrons. The molecule has 4 aliphatic heterocycles. The molecule has 0 bridgehead atoms. The number of carbonyl (C=O) groups excluding carboxylic acids is 1. The van der Waals surface area contributed by atoms with Gasteiger partial charge in [-0.2, -0.15) is 9.97 Å². The molecule has 4 fully saturated rings. The van der Waals surface area contributed by atoms with Gasteiger partial charge < -0.3 is 25.6 Å². The highest BCUT2D eigenvalue weighted by atomic mass is 19.1. The first-order valence-corrected chi connectivity index (χ1v) is 16.9. The molecular formula is C35H38F3N9O2. The van der Waals surface area contributed by atoms with Crippen molar-refractivity contribution in [3.8, 4) is 17.4 Å². The Morgan fingerprint density at radius 2 is 2.04 bits per heavy atom. The van der Waals surface area contributed by atoms with Gasteiger partial charge >= 0.3 is 6.01 Å². The Kier molecular flexibility index (Phi) is 8.02. The molecule has 11 nitrogen and oxygen atoms in total. The van der Waals surface area contributed by atoms with Crippen LogP contribution in [0.15, 0.2) is 42.6 Å². The van der Waals surface area contributed by atoms with Crippen LogP contribution in [0.2, 0.25) is 0 Å². The zero-order valence-electron chi connectivity index (χ0n) is 27.2. The van der Waals surface area contributed by atoms with Crippen LogP contribution >= 0.6 is 0 Å². The number of ether oxygens (including phenoxy) is 1. The van der Waals surface area contributed by atoms with E-state index >= 15 is 8.78 Å². The van der Waals surface area contributed by atoms with Gasteiger partial charge in [-0.15, -0.1) is 0 Å². The van der Waals surface area contributed by atoms with E-state index in [1.165, 1.54) is 18.3 Å². The predicted molar refractivity (Wildman–Crippen MR) is 180 cm³/mol. The molecule has 0 spiro atoms. The average Bonchev–Trinajstić information content (AvgIpc) is 3.77. The lowest BCUT2D eigenvalue weighted by molar-refractivity contribution is -0.125. The molecule has 4 atom stereocenters. The van der Waals surface area contributed by atoms with Crippen molar-refractivity contribution in [1.82, 2.24) is 35.1 Å². The number of anilines is 2. The summed E-state index contributed by atoms with van der Waals surface area (Å²) in [4.78, 5) is 36.8. The van der Waals surface area contributed by atoms with Gasteiger partial charge in [-0.3, -0.25) is 14.7 Å². The van der Waals surface area contributed by atoms with E-state index in [1.807, 2.05) is 18.0 Å². The first-order chi connectivity index (χ1) is 23.7. The Hall–Kier alpha value is -4.56. The van der Waals surface area contributed by atoms with Gasteiger partial charge in [0.2, 0.25) is 5.91 Å². The molecule has 14 heteroatoms. The minimum atomic E-state index is -0.942. The monoisotopic (exact) mass is 673 g/mol. The van der Waals surface area contributed by atoms with Crippen molar-refractivity contribution in [2.45, 2.75) is 55.9 Å². The fourth-order valence-electron chi connectivity index (χ4n) is 7.84. The Morgan fingerprint density at radius 1 is 1.18 bits per heavy atom. The lowest BCUT2D eigenvalue weighted by Crippen LogP contribution is -2.43. The van der Waals surface area contributed by atoms with E-state index < -0.39 is 23.3 Å². The van der Waals surface area contributed by atoms with Gasteiger partial charge in [0.05, 0.1) is 10.9 Å². The highest BCUT2D eigenvalue weighted by Gasteiger charge is 2.49. The molecule has 1 aromatic carbocycles. The molecule has 4 aromatic rings. The number of likely N-dealkylation sites (N-methyl/N-ethyl adjacent to an activating group) is 1. The number of hydrogen-bond acceptors (Lipinski definition) is 10. The fraction of sp³-hybridized carbons (Fsp3) is 0.457. The number of aromatic nitrogens is 4. The molecule has 3 aromatic heterocycles. The second-order valence-corrected chi connectivity index (χ2v) is 13.7. The van der Waals surface area contributed by atoms with E-state index in [1.54, 1.807) is 23.1 Å². The third-order valence-corrected chi connectivity index (χ3v) is 10.6. The molecule has 7 heterocycles. The van der Waals surface area contributed by atoms with Crippen LogP contribution in [0.25, 0.3) is 33.1 Å². The van der Waals surface area contributed by atoms with Crippen molar-refractivity contribution >= 4 is 39.2 Å². The Labute approximate surface area is 281 Å². The summed E-state index contributed by atoms with van der Waals surface area (Å²) in [6.07, 6.45) is 7.80. The Morgan fingerprint density at radius 3 is 2.86 bits per heavy atom. The number of nitrogens with two attached hydrogens (primary N) is 1. The van der Waals surface area contributed by atoms with Crippen LogP contribution in [0.5, 0.6) is 6.01 Å². The minimum Gasteiger partial charge on any atom is -0.461 e. The molecule has 3 N–H and O–H groups in total. The quantitative estimate of drug-likeness (QED) is 0.265. The number of nitrogens with one attached hydrogen (secondary N) is 1. The molecular weight excluding hydrogens is 635 g/mol. The van der Waals surface area contributed by atoms with Crippen LogP contribution in [-0.4, -0.2) is 106 Å². The Bertz CT molecular complexity index is 1970. The number of fused-ring (bicyclic) bond motifs is 3. The van der Waals surface area contributed by atoms with Crippen molar-refractivity contribution in [2.75, 3.05) is 57.0 Å². The molecule has 49 heavy (non-hydrogen) atoms. The van der Waals surface area contributed by atoms with Gasteiger partial charge in [-0.05, 0) is 56.3 Å². The van der Waals surface area contributed by atoms with Gasteiger partial charge in [0.25, 0.3) is 0 Å². The highest BCUT2D eigenvalue weighted by molar-refractivity contribution is 5.99. The average molecular weight is 674 g/mol. The molecule has 4 saturated heterocycles. The molecule has 0 aliphatic carbocycles. The fourth-order valence-corrected chi connectivity index (χ4v) is 7.84. The number of rotatable bonds is 8. The number of alkyl halides is 1. The predicted octanol–water partition coefficient (Wildman–Crippen LogP) is 4.01. The third kappa shape index (κ3) is 5.70. The SMILES string of the molecule is CN(c1nc(OC[C@@]23CCCN2C[C@H](F)C3)nc2c(F)c(-c3nc(N)cc4cccc(F)c34)ncc12)[C@@H]1CCN(C(=O)/C=C/[C@@H]2CCN2)C1. The largest absolute Gasteiger partial charge is 0.461 e. The third-order valence-electron chi connectivity index (χ3n) is 10.6. The number of nitrogen functional groups attached to an aromatic ring is 1. The van der Waals surface area contributed by atoms with Crippen LogP contribution < -0.4 is 20.7 Å². The molecule has 0 saturated carbocycles. The van der Waals surface area contributed by atoms with Gasteiger partial charge in [0.15, 0.2) is 5.82 Å². The number of likely N-dealkylation sites (tertiary alicyclic amines) is 1. The summed E-state index contributed by atoms with van der Waals surface area (Å²) in [5.74, 6) is -1.01. The summed E-state index contributed by atoms with van der Waals surface area (Å²) in [7, 11) is 1.84. The van der Waals surface area contributed by atoms with Crippen molar-refractivity contribution in [3.63, 3.8) is 0 Å². The topological polar surface area (TPSA) is 126 Å². The van der Waals surface area contributed by atoms with Gasteiger partial charge in [0.1, 0.15) is 47.1 Å². The summed E-state index contributed by atoms with van der Waals surface area (Å²) in [5.41, 5.74) is 5.25. The van der Waals surface area contributed by atoms with Gasteiger partial charge in [-0.25, -0.2) is 18.2 Å². The number of carbonyl (C=O) groups is 1. The highest BCUT2D eigenvalue weighted by Crippen LogP contribution is 2.41. The Balaban J connectivity index is 1.17. The lowest BCUT2D eigenvalue weighted by atomic mass is 9.95. The number of pyridine rings is 2. The van der Waals surface area contributed by atoms with Crippen LogP contribution in [0.1, 0.15) is 32.1 Å². The molecule has 256 valence electrons. The number of benzene rings is 1. The van der Waals surface area contributed by atoms with Crippen LogP contribution in [0.3, 0.4) is 0 Å². The maximum absolute atomic E-state index is 16.8. The maximum Gasteiger partial charge on any atom is 0.319 e. The van der Waals surface area contributed by atoms with Crippen LogP contribution in [0, 0.1) is 11.6 Å². The summed E-state index contributed by atoms with van der Waals surface area (Å²) >= 11 is 0. The normalized spacial score (nSPS) is 25.4. The van der Waals surface area contributed by atoms with Crippen LogP contribution in [0.4, 0.5) is 24.8 Å². The number of halogens is 3. The van der Waals surface area contributed by atoms with E-state index in [0.717, 1.165) is 32.4 Å². The molecule has 1 amide bonds. The zero-order valence-corrected chi connectivity index (χ0v) is 27.2. The number of amides is 1. The van der Waals surface area contributed by atoms with Crippen molar-refractivity contribution in [2.24, 2.45) is 0 Å². The summed E-state index contributed by atoms with van der Waals surface area (Å²) in [5, 5.41) is 4.12. The van der Waals surface area contributed by atoms with E-state index in [2.05, 4.69) is 25.2 Å². The first-order valence-electron chi connectivity index (χ1n) is 16.9. The van der Waals surface area contributed by atoms with E-state index in [4.69, 9.17) is 15.5 Å². The summed E-state index contributed by atoms with van der Waals surface area (Å²) in [6.45, 7) is 3.27. The van der Waals surface area contributed by atoms with E-state index in [9.17, 15) is 9.18 Å². The number of hydrogen-bond donors (Lipinski definition) is 2. The molecule has 4 aliphatic rings. The summed E-state index contributed by atoms with van der Waals surface area (Å²) < 4.78 is 52.6. The standard InChI is InChI=1S/C35H38F3N9O2/c1-45(23-9-13-46(18-23)27(48)7-6-22-8-11-40-22)33-24-16-41-32(31-28-20(14-26(39)42-31)4-2-5-25(28)37)29(38)30(24)43-34(44-33)49-19-35-10-3-12-47(35)17-21(36)15-35/h2,4-7,14,16,21-23,40H,3,8-13,15,17-19H2,1H3,(H2,39,42)/b7-6+/t21-,22-,23-,35+/m1/s1. The second-order valence-electron chi connectivity index (χ2n) is 13.7. The lowest BCUT2D eigenvalue weighted by Gasteiger charge is -2.31. The zero-order chi connectivity index (χ0) is 33.9. The first kappa shape index (κ1) is 31.7. The van der Waals surface area contributed by atoms with Crippen molar-refractivity contribution in [1.29, 1.82) is 0 Å². The van der Waals surface area contributed by atoms with E-state index in [0.29, 0.717) is 49.1 Å². The van der Waals surface area contributed by atoms with Crippen LogP contribution in [-0.2, 0) is 4.79 Å².